The van der Waals surface area contributed by atoms with E-state index in [9.17, 15) is 4.79 Å². The summed E-state index contributed by atoms with van der Waals surface area (Å²) in [5.41, 5.74) is 1.82. The number of aromatic nitrogens is 1. The Morgan fingerprint density at radius 3 is 2.76 bits per heavy atom. The first-order valence-electron chi connectivity index (χ1n) is 8.91. The molecule has 1 atom stereocenters. The van der Waals surface area contributed by atoms with Crippen LogP contribution in [0, 0.1) is 0 Å². The number of hydrogen-bond acceptors (Lipinski definition) is 4. The van der Waals surface area contributed by atoms with Gasteiger partial charge in [0.15, 0.2) is 0 Å². The molecule has 0 radical (unpaired) electrons. The maximum absolute atomic E-state index is 12.2. The highest BCUT2D eigenvalue weighted by molar-refractivity contribution is 5.94. The molecule has 5 nitrogen and oxygen atoms in total. The Balaban J connectivity index is 1.59. The third-order valence-electron chi connectivity index (χ3n) is 4.45. The van der Waals surface area contributed by atoms with Crippen LogP contribution in [0.15, 0.2) is 48.7 Å². The minimum Gasteiger partial charge on any atom is -0.376 e. The van der Waals surface area contributed by atoms with Gasteiger partial charge in [0.25, 0.3) is 5.91 Å². The number of nitrogens with zero attached hydrogens (tertiary/aromatic N) is 2. The predicted molar refractivity (Wildman–Crippen MR) is 98.7 cm³/mol. The van der Waals surface area contributed by atoms with Gasteiger partial charge in [-0.1, -0.05) is 30.3 Å². The van der Waals surface area contributed by atoms with Crippen LogP contribution in [0.5, 0.6) is 0 Å². The van der Waals surface area contributed by atoms with Crippen molar-refractivity contribution in [1.82, 2.24) is 10.3 Å². The van der Waals surface area contributed by atoms with Gasteiger partial charge in [-0.05, 0) is 37.5 Å². The lowest BCUT2D eigenvalue weighted by Gasteiger charge is -2.22. The molecule has 1 aromatic heterocycles. The molecule has 1 amide bonds. The third kappa shape index (κ3) is 4.79. The summed E-state index contributed by atoms with van der Waals surface area (Å²) >= 11 is 0. The highest BCUT2D eigenvalue weighted by Gasteiger charge is 2.17. The van der Waals surface area contributed by atoms with Crippen LogP contribution in [0.4, 0.5) is 5.82 Å². The normalized spacial score (nSPS) is 16.6. The van der Waals surface area contributed by atoms with Gasteiger partial charge in [0.05, 0.1) is 11.7 Å². The van der Waals surface area contributed by atoms with Crippen LogP contribution < -0.4 is 10.2 Å². The van der Waals surface area contributed by atoms with Gasteiger partial charge in [-0.2, -0.15) is 0 Å². The van der Waals surface area contributed by atoms with Gasteiger partial charge >= 0.3 is 0 Å². The zero-order valence-electron chi connectivity index (χ0n) is 14.6. The van der Waals surface area contributed by atoms with E-state index in [-0.39, 0.29) is 12.0 Å². The van der Waals surface area contributed by atoms with Crippen molar-refractivity contribution in [2.75, 3.05) is 24.6 Å². The second-order valence-corrected chi connectivity index (χ2v) is 6.25. The Labute approximate surface area is 149 Å². The van der Waals surface area contributed by atoms with Crippen LogP contribution in [0.3, 0.4) is 0 Å². The SMILES string of the molecule is CCN(Cc1ccccc1)c1ccc(C(=O)NCC2CCCO2)cn1. The fraction of sp³-hybridized carbons (Fsp3) is 0.400. The number of carbonyl (C=O) groups excluding carboxylic acids is 1. The summed E-state index contributed by atoms with van der Waals surface area (Å²) < 4.78 is 5.52. The van der Waals surface area contributed by atoms with Crippen LogP contribution in [0.1, 0.15) is 35.7 Å². The van der Waals surface area contributed by atoms with E-state index in [0.29, 0.717) is 12.1 Å². The molecule has 3 rings (SSSR count). The second kappa shape index (κ2) is 8.62. The molecule has 0 aliphatic carbocycles. The first-order chi connectivity index (χ1) is 12.3. The monoisotopic (exact) mass is 339 g/mol. The number of amides is 1. The quantitative estimate of drug-likeness (QED) is 0.842. The Hall–Kier alpha value is -2.40. The molecule has 1 N–H and O–H groups in total. The Morgan fingerprint density at radius 1 is 1.28 bits per heavy atom. The van der Waals surface area contributed by atoms with Crippen LogP contribution in [-0.2, 0) is 11.3 Å². The number of rotatable bonds is 7. The molecular formula is C20H25N3O2. The molecule has 0 bridgehead atoms. The average Bonchev–Trinajstić information content (AvgIpc) is 3.19. The number of nitrogens with one attached hydrogen (secondary N) is 1. The van der Waals surface area contributed by atoms with Crippen molar-refractivity contribution in [2.24, 2.45) is 0 Å². The highest BCUT2D eigenvalue weighted by atomic mass is 16.5. The van der Waals surface area contributed by atoms with Gasteiger partial charge in [-0.3, -0.25) is 4.79 Å². The summed E-state index contributed by atoms with van der Waals surface area (Å²) in [5.74, 6) is 0.780. The van der Waals surface area contributed by atoms with E-state index in [0.717, 1.165) is 38.4 Å². The molecular weight excluding hydrogens is 314 g/mol. The minimum absolute atomic E-state index is 0.0966. The number of benzene rings is 1. The van der Waals surface area contributed by atoms with Gasteiger partial charge in [0, 0.05) is 32.4 Å². The van der Waals surface area contributed by atoms with Crippen molar-refractivity contribution >= 4 is 11.7 Å². The van der Waals surface area contributed by atoms with Crippen molar-refractivity contribution in [1.29, 1.82) is 0 Å². The number of carbonyl (C=O) groups is 1. The molecule has 2 aromatic rings. The van der Waals surface area contributed by atoms with Gasteiger partial charge in [-0.15, -0.1) is 0 Å². The van der Waals surface area contributed by atoms with Crippen molar-refractivity contribution in [3.8, 4) is 0 Å². The van der Waals surface area contributed by atoms with Gasteiger partial charge in [0.1, 0.15) is 5.82 Å². The van der Waals surface area contributed by atoms with Crippen molar-refractivity contribution in [2.45, 2.75) is 32.4 Å². The predicted octanol–water partition coefficient (Wildman–Crippen LogP) is 3.02. The minimum atomic E-state index is -0.0966. The van der Waals surface area contributed by atoms with Crippen LogP contribution in [-0.4, -0.2) is 36.7 Å². The molecule has 0 spiro atoms. The zero-order valence-corrected chi connectivity index (χ0v) is 14.6. The molecule has 1 aliphatic rings. The molecule has 1 aliphatic heterocycles. The molecule has 5 heteroatoms. The molecule has 0 saturated carbocycles. The van der Waals surface area contributed by atoms with E-state index in [2.05, 4.69) is 34.3 Å². The number of anilines is 1. The van der Waals surface area contributed by atoms with E-state index < -0.39 is 0 Å². The maximum Gasteiger partial charge on any atom is 0.252 e. The summed E-state index contributed by atoms with van der Waals surface area (Å²) in [4.78, 5) is 18.9. The summed E-state index contributed by atoms with van der Waals surface area (Å²) in [6, 6.07) is 14.1. The lowest BCUT2D eigenvalue weighted by Crippen LogP contribution is -2.32. The molecule has 25 heavy (non-hydrogen) atoms. The lowest BCUT2D eigenvalue weighted by molar-refractivity contribution is 0.0857. The molecule has 1 saturated heterocycles. The third-order valence-corrected chi connectivity index (χ3v) is 4.45. The largest absolute Gasteiger partial charge is 0.376 e. The fourth-order valence-electron chi connectivity index (χ4n) is 2.98. The number of pyridine rings is 1. The highest BCUT2D eigenvalue weighted by Crippen LogP contribution is 2.15. The van der Waals surface area contributed by atoms with E-state index >= 15 is 0 Å². The number of ether oxygens (including phenoxy) is 1. The second-order valence-electron chi connectivity index (χ2n) is 6.25. The van der Waals surface area contributed by atoms with Gasteiger partial charge < -0.3 is 15.0 Å². The van der Waals surface area contributed by atoms with Crippen molar-refractivity contribution < 1.29 is 9.53 Å². The Morgan fingerprint density at radius 2 is 2.12 bits per heavy atom. The smallest absolute Gasteiger partial charge is 0.252 e. The summed E-state index contributed by atoms with van der Waals surface area (Å²) in [7, 11) is 0. The Bertz CT molecular complexity index is 667. The van der Waals surface area contributed by atoms with E-state index in [1.165, 1.54) is 5.56 Å². The zero-order chi connectivity index (χ0) is 17.5. The Kier molecular flexibility index (Phi) is 6.01. The summed E-state index contributed by atoms with van der Waals surface area (Å²) in [6.45, 7) is 5.12. The molecule has 132 valence electrons. The van der Waals surface area contributed by atoms with Gasteiger partial charge in [0.2, 0.25) is 0 Å². The van der Waals surface area contributed by atoms with Crippen molar-refractivity contribution in [3.63, 3.8) is 0 Å². The lowest BCUT2D eigenvalue weighted by atomic mass is 10.2. The van der Waals surface area contributed by atoms with E-state index in [1.54, 1.807) is 6.20 Å². The van der Waals surface area contributed by atoms with Gasteiger partial charge in [-0.25, -0.2) is 4.98 Å². The van der Waals surface area contributed by atoms with Crippen LogP contribution >= 0.6 is 0 Å². The first kappa shape index (κ1) is 17.4. The molecule has 1 fully saturated rings. The summed E-state index contributed by atoms with van der Waals surface area (Å²) in [6.07, 6.45) is 3.89. The van der Waals surface area contributed by atoms with Crippen LogP contribution in [0.25, 0.3) is 0 Å². The topological polar surface area (TPSA) is 54.5 Å². The molecule has 1 unspecified atom stereocenters. The van der Waals surface area contributed by atoms with E-state index in [1.807, 2.05) is 30.3 Å². The standard InChI is InChI=1S/C20H25N3O2/c1-2-23(15-16-7-4-3-5-8-16)19-11-10-17(13-21-19)20(24)22-14-18-9-6-12-25-18/h3-5,7-8,10-11,13,18H,2,6,9,12,14-15H2,1H3,(H,22,24). The maximum atomic E-state index is 12.2. The fourth-order valence-corrected chi connectivity index (χ4v) is 2.98. The van der Waals surface area contributed by atoms with Crippen molar-refractivity contribution in [3.05, 3.63) is 59.8 Å². The molecule has 2 heterocycles. The van der Waals surface area contributed by atoms with Crippen LogP contribution in [0.2, 0.25) is 0 Å². The average molecular weight is 339 g/mol. The number of hydrogen-bond donors (Lipinski definition) is 1. The molecule has 1 aromatic carbocycles. The summed E-state index contributed by atoms with van der Waals surface area (Å²) in [5, 5.41) is 2.93. The van der Waals surface area contributed by atoms with E-state index in [4.69, 9.17) is 4.74 Å². The first-order valence-corrected chi connectivity index (χ1v) is 8.91.